The molecule has 1 aromatic heterocycles. The largest absolute Gasteiger partial charge is 0.413 e. The molecule has 4 heteroatoms. The van der Waals surface area contributed by atoms with E-state index in [-0.39, 0.29) is 11.5 Å². The Morgan fingerprint density at radius 2 is 1.94 bits per heavy atom. The van der Waals surface area contributed by atoms with Gasteiger partial charge in [0.15, 0.2) is 9.04 Å². The third-order valence-corrected chi connectivity index (χ3v) is 3.47. The molecule has 1 heterocycles. The quantitative estimate of drug-likeness (QED) is 0.789. The molecule has 90 valence electrons. The van der Waals surface area contributed by atoms with Crippen LogP contribution in [0, 0.1) is 5.41 Å². The number of aromatic nitrogens is 1. The van der Waals surface area contributed by atoms with Crippen LogP contribution in [0.4, 0.5) is 0 Å². The fourth-order valence-corrected chi connectivity index (χ4v) is 3.12. The second kappa shape index (κ2) is 5.43. The van der Waals surface area contributed by atoms with E-state index in [9.17, 15) is 0 Å². The fourth-order valence-electron chi connectivity index (χ4n) is 1.63. The van der Waals surface area contributed by atoms with Gasteiger partial charge in [0.1, 0.15) is 0 Å². The highest BCUT2D eigenvalue weighted by atomic mass is 79.9. The van der Waals surface area contributed by atoms with E-state index in [0.717, 1.165) is 10.0 Å². The lowest BCUT2D eigenvalue weighted by Gasteiger charge is -2.32. The molecule has 1 atom stereocenters. The van der Waals surface area contributed by atoms with Gasteiger partial charge < -0.3 is 4.43 Å². The van der Waals surface area contributed by atoms with Crippen LogP contribution >= 0.6 is 15.9 Å². The van der Waals surface area contributed by atoms with Gasteiger partial charge in [0, 0.05) is 16.9 Å². The normalized spacial score (nSPS) is 14.2. The van der Waals surface area contributed by atoms with E-state index >= 15 is 0 Å². The van der Waals surface area contributed by atoms with Gasteiger partial charge in [-0.1, -0.05) is 20.8 Å². The first-order valence-corrected chi connectivity index (χ1v) is 9.14. The maximum atomic E-state index is 6.13. The van der Waals surface area contributed by atoms with E-state index in [1.807, 2.05) is 6.20 Å². The molecule has 2 nitrogen and oxygen atoms in total. The monoisotopic (exact) mass is 301 g/mol. The molecule has 0 N–H and O–H groups in total. The van der Waals surface area contributed by atoms with Crippen molar-refractivity contribution in [1.29, 1.82) is 0 Å². The average molecular weight is 302 g/mol. The molecule has 1 aromatic rings. The summed E-state index contributed by atoms with van der Waals surface area (Å²) < 4.78 is 7.14. The molecule has 0 bridgehead atoms. The van der Waals surface area contributed by atoms with Crippen LogP contribution in [0.25, 0.3) is 0 Å². The van der Waals surface area contributed by atoms with E-state index in [0.29, 0.717) is 0 Å². The van der Waals surface area contributed by atoms with Crippen LogP contribution in [-0.4, -0.2) is 14.0 Å². The van der Waals surface area contributed by atoms with Gasteiger partial charge in [-0.25, -0.2) is 0 Å². The number of halogens is 1. The van der Waals surface area contributed by atoms with Gasteiger partial charge in [0.25, 0.3) is 0 Å². The zero-order valence-electron chi connectivity index (χ0n) is 10.6. The molecule has 0 saturated carbocycles. The van der Waals surface area contributed by atoms with Crippen molar-refractivity contribution in [2.24, 2.45) is 5.41 Å². The Labute approximate surface area is 108 Å². The van der Waals surface area contributed by atoms with E-state index in [1.54, 1.807) is 6.20 Å². The maximum absolute atomic E-state index is 6.13. The summed E-state index contributed by atoms with van der Waals surface area (Å²) in [6, 6.07) is 2.10. The van der Waals surface area contributed by atoms with Gasteiger partial charge in [0.05, 0.1) is 6.10 Å². The second-order valence-electron chi connectivity index (χ2n) is 5.37. The molecule has 0 spiro atoms. The smallest absolute Gasteiger partial charge is 0.171 e. The first-order valence-electron chi connectivity index (χ1n) is 5.56. The lowest BCUT2D eigenvalue weighted by molar-refractivity contribution is 0.0862. The lowest BCUT2D eigenvalue weighted by Crippen LogP contribution is -2.26. The van der Waals surface area contributed by atoms with Gasteiger partial charge in [-0.15, -0.1) is 0 Å². The molecule has 0 fully saturated rings. The molecule has 0 aliphatic carbocycles. The van der Waals surface area contributed by atoms with Crippen LogP contribution in [0.3, 0.4) is 0 Å². The van der Waals surface area contributed by atoms with Crippen LogP contribution in [0.2, 0.25) is 13.1 Å². The summed E-state index contributed by atoms with van der Waals surface area (Å²) in [5.74, 6) is 0. The van der Waals surface area contributed by atoms with E-state index < -0.39 is 9.04 Å². The van der Waals surface area contributed by atoms with E-state index in [2.05, 4.69) is 60.8 Å². The van der Waals surface area contributed by atoms with Crippen LogP contribution in [0.5, 0.6) is 0 Å². The van der Waals surface area contributed by atoms with Gasteiger partial charge >= 0.3 is 0 Å². The summed E-state index contributed by atoms with van der Waals surface area (Å²) in [4.78, 5) is 4.21. The van der Waals surface area contributed by atoms with Crippen LogP contribution in [0.1, 0.15) is 32.4 Å². The third kappa shape index (κ3) is 4.00. The molecular formula is C12H20BrNOSi. The van der Waals surface area contributed by atoms with Crippen molar-refractivity contribution >= 4 is 25.0 Å². The van der Waals surface area contributed by atoms with Gasteiger partial charge in [-0.3, -0.25) is 4.98 Å². The molecule has 0 radical (unpaired) electrons. The molecule has 0 aromatic carbocycles. The molecule has 0 amide bonds. The molecule has 0 aliphatic heterocycles. The summed E-state index contributed by atoms with van der Waals surface area (Å²) in [5, 5.41) is 0. The number of rotatable bonds is 3. The van der Waals surface area contributed by atoms with Crippen molar-refractivity contribution in [1.82, 2.24) is 4.98 Å². The van der Waals surface area contributed by atoms with Crippen molar-refractivity contribution in [2.75, 3.05) is 0 Å². The summed E-state index contributed by atoms with van der Waals surface area (Å²) in [6.45, 7) is 11.0. The molecule has 0 aliphatic rings. The standard InChI is InChI=1S/C12H20BrNOSi/c1-12(2,3)11(15-16(4)5)9-6-10(13)8-14-7-9/h6-8,11,16H,1-5H3. The molecule has 1 unspecified atom stereocenters. The zero-order valence-corrected chi connectivity index (χ0v) is 13.4. The van der Waals surface area contributed by atoms with Gasteiger partial charge in [-0.05, 0) is 46.1 Å². The van der Waals surface area contributed by atoms with Crippen molar-refractivity contribution < 1.29 is 4.43 Å². The molecule has 1 rings (SSSR count). The zero-order chi connectivity index (χ0) is 12.3. The molecule has 16 heavy (non-hydrogen) atoms. The van der Waals surface area contributed by atoms with E-state index in [1.165, 1.54) is 0 Å². The maximum Gasteiger partial charge on any atom is 0.171 e. The summed E-state index contributed by atoms with van der Waals surface area (Å²) in [6.07, 6.45) is 3.83. The predicted octanol–water partition coefficient (Wildman–Crippen LogP) is 3.93. The minimum absolute atomic E-state index is 0.0970. The number of hydrogen-bond donors (Lipinski definition) is 0. The summed E-state index contributed by atoms with van der Waals surface area (Å²) >= 11 is 3.46. The number of pyridine rings is 1. The summed E-state index contributed by atoms with van der Waals surface area (Å²) in [7, 11) is -1.06. The predicted molar refractivity (Wildman–Crippen MR) is 74.1 cm³/mol. The Hall–Kier alpha value is -0.193. The lowest BCUT2D eigenvalue weighted by atomic mass is 9.85. The first-order chi connectivity index (χ1) is 7.30. The average Bonchev–Trinajstić information content (AvgIpc) is 2.12. The third-order valence-electron chi connectivity index (χ3n) is 2.22. The van der Waals surface area contributed by atoms with Crippen molar-refractivity contribution in [2.45, 2.75) is 40.0 Å². The topological polar surface area (TPSA) is 22.1 Å². The minimum atomic E-state index is -1.06. The highest BCUT2D eigenvalue weighted by molar-refractivity contribution is 9.10. The highest BCUT2D eigenvalue weighted by Gasteiger charge is 2.28. The highest BCUT2D eigenvalue weighted by Crippen LogP contribution is 2.36. The van der Waals surface area contributed by atoms with Crippen molar-refractivity contribution in [3.8, 4) is 0 Å². The molecular weight excluding hydrogens is 282 g/mol. The summed E-state index contributed by atoms with van der Waals surface area (Å²) in [5.41, 5.74) is 1.25. The van der Waals surface area contributed by atoms with E-state index in [4.69, 9.17) is 4.43 Å². The first kappa shape index (κ1) is 13.9. The SMILES string of the molecule is C[SiH](C)OC(c1cncc(Br)c1)C(C)(C)C. The fraction of sp³-hybridized carbons (Fsp3) is 0.583. The Morgan fingerprint density at radius 3 is 2.38 bits per heavy atom. The Kier molecular flexibility index (Phi) is 4.70. The van der Waals surface area contributed by atoms with Crippen LogP contribution < -0.4 is 0 Å². The van der Waals surface area contributed by atoms with Crippen molar-refractivity contribution in [3.05, 3.63) is 28.5 Å². The van der Waals surface area contributed by atoms with Crippen LogP contribution in [-0.2, 0) is 4.43 Å². The Bertz CT molecular complexity index is 349. The second-order valence-corrected chi connectivity index (χ2v) is 8.65. The number of hydrogen-bond acceptors (Lipinski definition) is 2. The Balaban J connectivity index is 3.01. The van der Waals surface area contributed by atoms with Gasteiger partial charge in [0.2, 0.25) is 0 Å². The van der Waals surface area contributed by atoms with Crippen LogP contribution in [0.15, 0.2) is 22.9 Å². The molecule has 0 saturated heterocycles. The Morgan fingerprint density at radius 1 is 1.31 bits per heavy atom. The minimum Gasteiger partial charge on any atom is -0.413 e. The number of nitrogens with zero attached hydrogens (tertiary/aromatic N) is 1. The van der Waals surface area contributed by atoms with Crippen molar-refractivity contribution in [3.63, 3.8) is 0 Å². The van der Waals surface area contributed by atoms with Gasteiger partial charge in [-0.2, -0.15) is 0 Å².